The molecule has 0 aliphatic carbocycles. The van der Waals surface area contributed by atoms with Crippen LogP contribution in [0.2, 0.25) is 10.0 Å². The van der Waals surface area contributed by atoms with Crippen LogP contribution in [-0.4, -0.2) is 30.1 Å². The van der Waals surface area contributed by atoms with E-state index in [1.165, 1.54) is 13.3 Å². The molecule has 0 saturated heterocycles. The molecule has 1 aromatic heterocycles. The lowest BCUT2D eigenvalue weighted by Crippen LogP contribution is -2.36. The zero-order chi connectivity index (χ0) is 18.4. The van der Waals surface area contributed by atoms with Crippen molar-refractivity contribution in [3.8, 4) is 5.75 Å². The topological polar surface area (TPSA) is 77.5 Å². The molecule has 1 amide bonds. The molecule has 1 atom stereocenters. The molecule has 1 heterocycles. The summed E-state index contributed by atoms with van der Waals surface area (Å²) in [6.07, 6.45) is 0.662. The standard InChI is InChI=1S/C17H16Cl2N2O4/c1-10(25-13-5-6-14(18)15(19)7-13)16(22)21-9-12-4-3-11(8-20-12)17(23)24-2/h3-8,10H,9H2,1-2H3,(H,21,22). The molecule has 0 bridgehead atoms. The van der Waals surface area contributed by atoms with Crippen LogP contribution in [0.5, 0.6) is 5.75 Å². The van der Waals surface area contributed by atoms with Gasteiger partial charge in [-0.3, -0.25) is 9.78 Å². The lowest BCUT2D eigenvalue weighted by Gasteiger charge is -2.15. The normalized spacial score (nSPS) is 11.5. The summed E-state index contributed by atoms with van der Waals surface area (Å²) >= 11 is 11.7. The van der Waals surface area contributed by atoms with Gasteiger partial charge in [-0.25, -0.2) is 4.79 Å². The Hall–Kier alpha value is -2.31. The number of carbonyl (C=O) groups is 2. The Morgan fingerprint density at radius 3 is 2.56 bits per heavy atom. The second-order valence-electron chi connectivity index (χ2n) is 5.08. The van der Waals surface area contributed by atoms with E-state index in [9.17, 15) is 9.59 Å². The Kier molecular flexibility index (Phi) is 6.61. The van der Waals surface area contributed by atoms with Crippen molar-refractivity contribution in [3.05, 3.63) is 57.8 Å². The van der Waals surface area contributed by atoms with Gasteiger partial charge >= 0.3 is 5.97 Å². The molecule has 1 N–H and O–H groups in total. The van der Waals surface area contributed by atoms with Crippen LogP contribution < -0.4 is 10.1 Å². The van der Waals surface area contributed by atoms with Gasteiger partial charge in [-0.05, 0) is 31.2 Å². The van der Waals surface area contributed by atoms with E-state index in [1.54, 1.807) is 37.3 Å². The minimum absolute atomic E-state index is 0.204. The van der Waals surface area contributed by atoms with Crippen molar-refractivity contribution in [2.24, 2.45) is 0 Å². The highest BCUT2D eigenvalue weighted by Gasteiger charge is 2.15. The average molecular weight is 383 g/mol. The van der Waals surface area contributed by atoms with Crippen LogP contribution >= 0.6 is 23.2 Å². The first-order valence-electron chi connectivity index (χ1n) is 7.33. The number of halogens is 2. The molecule has 8 heteroatoms. The molecular formula is C17H16Cl2N2O4. The van der Waals surface area contributed by atoms with Gasteiger partial charge in [0.2, 0.25) is 0 Å². The third kappa shape index (κ3) is 5.34. The second-order valence-corrected chi connectivity index (χ2v) is 5.90. The average Bonchev–Trinajstić information content (AvgIpc) is 2.62. The van der Waals surface area contributed by atoms with Crippen molar-refractivity contribution < 1.29 is 19.1 Å². The van der Waals surface area contributed by atoms with Gasteiger partial charge in [0.1, 0.15) is 5.75 Å². The summed E-state index contributed by atoms with van der Waals surface area (Å²) in [6, 6.07) is 7.98. The molecule has 0 aliphatic rings. The summed E-state index contributed by atoms with van der Waals surface area (Å²) in [5, 5.41) is 3.46. The molecule has 0 aliphatic heterocycles. The Balaban J connectivity index is 1.88. The molecule has 6 nitrogen and oxygen atoms in total. The monoisotopic (exact) mass is 382 g/mol. The summed E-state index contributed by atoms with van der Waals surface area (Å²) < 4.78 is 10.1. The predicted molar refractivity (Wildman–Crippen MR) is 94.0 cm³/mol. The van der Waals surface area contributed by atoms with Crippen LogP contribution in [0.3, 0.4) is 0 Å². The van der Waals surface area contributed by atoms with Gasteiger partial charge in [0.15, 0.2) is 6.10 Å². The number of hydrogen-bond donors (Lipinski definition) is 1. The van der Waals surface area contributed by atoms with E-state index in [-0.39, 0.29) is 12.5 Å². The SMILES string of the molecule is COC(=O)c1ccc(CNC(=O)C(C)Oc2ccc(Cl)c(Cl)c2)nc1. The summed E-state index contributed by atoms with van der Waals surface area (Å²) in [6.45, 7) is 1.82. The Morgan fingerprint density at radius 1 is 1.20 bits per heavy atom. The van der Waals surface area contributed by atoms with Crippen LogP contribution in [0.25, 0.3) is 0 Å². The van der Waals surface area contributed by atoms with Gasteiger partial charge in [-0.2, -0.15) is 0 Å². The van der Waals surface area contributed by atoms with E-state index < -0.39 is 12.1 Å². The number of nitrogens with one attached hydrogen (secondary N) is 1. The molecule has 1 aromatic carbocycles. The Bertz CT molecular complexity index is 766. The number of pyridine rings is 1. The van der Waals surface area contributed by atoms with E-state index in [4.69, 9.17) is 27.9 Å². The van der Waals surface area contributed by atoms with E-state index >= 15 is 0 Å². The van der Waals surface area contributed by atoms with Crippen LogP contribution in [0.15, 0.2) is 36.5 Å². The predicted octanol–water partition coefficient (Wildman–Crippen LogP) is 3.26. The number of esters is 1. The van der Waals surface area contributed by atoms with E-state index in [0.29, 0.717) is 27.1 Å². The highest BCUT2D eigenvalue weighted by Crippen LogP contribution is 2.26. The minimum Gasteiger partial charge on any atom is -0.481 e. The first kappa shape index (κ1) is 19.0. The number of nitrogens with zero attached hydrogens (tertiary/aromatic N) is 1. The molecule has 0 fully saturated rings. The summed E-state index contributed by atoms with van der Waals surface area (Å²) in [7, 11) is 1.30. The quantitative estimate of drug-likeness (QED) is 0.775. The number of rotatable bonds is 6. The zero-order valence-corrected chi connectivity index (χ0v) is 15.1. The molecule has 0 spiro atoms. The van der Waals surface area contributed by atoms with Crippen LogP contribution in [0.4, 0.5) is 0 Å². The maximum atomic E-state index is 12.1. The van der Waals surface area contributed by atoms with Gasteiger partial charge in [0, 0.05) is 12.3 Å². The van der Waals surface area contributed by atoms with Gasteiger partial charge in [0.05, 0.1) is 35.0 Å². The molecule has 2 rings (SSSR count). The molecule has 132 valence electrons. The highest BCUT2D eigenvalue weighted by atomic mass is 35.5. The van der Waals surface area contributed by atoms with E-state index in [1.807, 2.05) is 0 Å². The fourth-order valence-corrected chi connectivity index (χ4v) is 2.18. The van der Waals surface area contributed by atoms with Crippen LogP contribution in [-0.2, 0) is 16.1 Å². The number of methoxy groups -OCH3 is 1. The fraction of sp³-hybridized carbons (Fsp3) is 0.235. The number of aromatic nitrogens is 1. The molecule has 0 saturated carbocycles. The molecule has 2 aromatic rings. The summed E-state index contributed by atoms with van der Waals surface area (Å²) in [5.41, 5.74) is 0.941. The first-order chi connectivity index (χ1) is 11.9. The van der Waals surface area contributed by atoms with Gasteiger partial charge < -0.3 is 14.8 Å². The maximum absolute atomic E-state index is 12.1. The molecule has 0 radical (unpaired) electrons. The number of carbonyl (C=O) groups excluding carboxylic acids is 2. The molecule has 25 heavy (non-hydrogen) atoms. The fourth-order valence-electron chi connectivity index (χ4n) is 1.90. The van der Waals surface area contributed by atoms with E-state index in [0.717, 1.165) is 0 Å². The van der Waals surface area contributed by atoms with Crippen molar-refractivity contribution in [3.63, 3.8) is 0 Å². The van der Waals surface area contributed by atoms with E-state index in [2.05, 4.69) is 15.0 Å². The summed E-state index contributed by atoms with van der Waals surface area (Å²) in [5.74, 6) is -0.339. The molecular weight excluding hydrogens is 367 g/mol. The smallest absolute Gasteiger partial charge is 0.339 e. The van der Waals surface area contributed by atoms with Crippen molar-refractivity contribution in [1.82, 2.24) is 10.3 Å². The van der Waals surface area contributed by atoms with Crippen molar-refractivity contribution in [2.75, 3.05) is 7.11 Å². The third-order valence-electron chi connectivity index (χ3n) is 3.26. The lowest BCUT2D eigenvalue weighted by molar-refractivity contribution is -0.127. The molecule has 1 unspecified atom stereocenters. The zero-order valence-electron chi connectivity index (χ0n) is 13.6. The maximum Gasteiger partial charge on any atom is 0.339 e. The van der Waals surface area contributed by atoms with Gasteiger partial charge in [-0.1, -0.05) is 23.2 Å². The van der Waals surface area contributed by atoms with Gasteiger partial charge in [-0.15, -0.1) is 0 Å². The van der Waals surface area contributed by atoms with Crippen molar-refractivity contribution in [2.45, 2.75) is 19.6 Å². The van der Waals surface area contributed by atoms with Crippen molar-refractivity contribution in [1.29, 1.82) is 0 Å². The first-order valence-corrected chi connectivity index (χ1v) is 8.09. The third-order valence-corrected chi connectivity index (χ3v) is 4.00. The summed E-state index contributed by atoms with van der Waals surface area (Å²) in [4.78, 5) is 27.5. The Morgan fingerprint density at radius 2 is 1.96 bits per heavy atom. The number of benzene rings is 1. The minimum atomic E-state index is -0.730. The lowest BCUT2D eigenvalue weighted by atomic mass is 10.2. The number of hydrogen-bond acceptors (Lipinski definition) is 5. The van der Waals surface area contributed by atoms with Crippen molar-refractivity contribution >= 4 is 35.1 Å². The largest absolute Gasteiger partial charge is 0.481 e. The Labute approximate surface area is 155 Å². The second kappa shape index (κ2) is 8.69. The van der Waals surface area contributed by atoms with Crippen LogP contribution in [0.1, 0.15) is 23.0 Å². The number of amides is 1. The van der Waals surface area contributed by atoms with Gasteiger partial charge in [0.25, 0.3) is 5.91 Å². The highest BCUT2D eigenvalue weighted by molar-refractivity contribution is 6.42. The van der Waals surface area contributed by atoms with Crippen LogP contribution in [0, 0.1) is 0 Å². The number of ether oxygens (including phenoxy) is 2.